The molecular formula is C53H51IrN3OSi-2. The molecule has 0 amide bonds. The Bertz CT molecular complexity index is 2870. The number of para-hydroxylation sites is 2. The molecule has 0 N–H and O–H groups in total. The Balaban J connectivity index is 0.000000214. The van der Waals surface area contributed by atoms with Crippen LogP contribution in [0.4, 0.5) is 0 Å². The number of furan rings is 1. The van der Waals surface area contributed by atoms with Crippen molar-refractivity contribution in [2.24, 2.45) is 5.92 Å². The van der Waals surface area contributed by atoms with E-state index in [1.54, 1.807) is 0 Å². The fourth-order valence-electron chi connectivity index (χ4n) is 7.93. The number of hydrogen-bond acceptors (Lipinski definition) is 3. The largest absolute Gasteiger partial charge is 0.557 e. The standard InChI is InChI=1S/C35H27N2O.C18H24NSi.Ir/c1-22(2)25-13-14-26-20-34-30(19-27(26)18-25)31(21-38-34)35-36-32-11-7-8-12-33(32)37(35)28-15-16-29(23(3)17-28)24-9-5-4-6-10-24;1-14(2)11-16-12-17(15-9-7-6-8-10-15)19-13-18(16)20(3,4)5;/h4-20,22H,1-3H3;6-9,12-14H,11H2,1-5H3;/q2*-1;. The maximum atomic E-state index is 6.00. The van der Waals surface area contributed by atoms with Crippen LogP contribution >= 0.6 is 0 Å². The molecule has 0 spiro atoms. The van der Waals surface area contributed by atoms with Crippen LogP contribution in [0.15, 0.2) is 144 Å². The number of pyridine rings is 1. The molecule has 0 atom stereocenters. The van der Waals surface area contributed by atoms with Crippen LogP contribution in [0.25, 0.3) is 72.2 Å². The van der Waals surface area contributed by atoms with Crippen LogP contribution in [0.1, 0.15) is 50.3 Å². The first kappa shape index (κ1) is 41.8. The monoisotopic (exact) mass is 966 g/mol. The maximum Gasteiger partial charge on any atom is 0.0798 e. The smallest absolute Gasteiger partial charge is 0.0798 e. The third-order valence-electron chi connectivity index (χ3n) is 10.9. The van der Waals surface area contributed by atoms with E-state index in [4.69, 9.17) is 9.40 Å². The predicted molar refractivity (Wildman–Crippen MR) is 247 cm³/mol. The van der Waals surface area contributed by atoms with Crippen molar-refractivity contribution in [3.63, 3.8) is 0 Å². The summed E-state index contributed by atoms with van der Waals surface area (Å²) in [6.07, 6.45) is 6.45. The number of aromatic nitrogens is 3. The molecule has 59 heavy (non-hydrogen) atoms. The van der Waals surface area contributed by atoms with Crippen LogP contribution in [-0.4, -0.2) is 22.6 Å². The van der Waals surface area contributed by atoms with Gasteiger partial charge in [0.05, 0.1) is 24.9 Å². The Labute approximate surface area is 363 Å². The second-order valence-electron chi connectivity index (χ2n) is 17.2. The van der Waals surface area contributed by atoms with Crippen molar-refractivity contribution in [2.45, 2.75) is 66.6 Å². The van der Waals surface area contributed by atoms with E-state index >= 15 is 0 Å². The van der Waals surface area contributed by atoms with E-state index in [9.17, 15) is 0 Å². The molecule has 0 bridgehead atoms. The number of benzene rings is 6. The fourth-order valence-corrected chi connectivity index (χ4v) is 9.52. The van der Waals surface area contributed by atoms with E-state index in [-0.39, 0.29) is 20.1 Å². The molecule has 0 aliphatic heterocycles. The van der Waals surface area contributed by atoms with E-state index in [0.717, 1.165) is 62.1 Å². The van der Waals surface area contributed by atoms with E-state index in [2.05, 4.69) is 192 Å². The first-order valence-electron chi connectivity index (χ1n) is 20.4. The van der Waals surface area contributed by atoms with Gasteiger partial charge >= 0.3 is 0 Å². The molecule has 9 aromatic rings. The summed E-state index contributed by atoms with van der Waals surface area (Å²) in [4.78, 5) is 9.78. The third-order valence-corrected chi connectivity index (χ3v) is 13.0. The van der Waals surface area contributed by atoms with Gasteiger partial charge in [-0.2, -0.15) is 0 Å². The molecular weight excluding hydrogens is 915 g/mol. The molecule has 299 valence electrons. The van der Waals surface area contributed by atoms with Crippen molar-refractivity contribution in [3.8, 4) is 39.5 Å². The van der Waals surface area contributed by atoms with Gasteiger partial charge in [0.15, 0.2) is 0 Å². The predicted octanol–water partition coefficient (Wildman–Crippen LogP) is 13.8. The van der Waals surface area contributed by atoms with Crippen molar-refractivity contribution in [1.29, 1.82) is 0 Å². The van der Waals surface area contributed by atoms with Crippen LogP contribution < -0.4 is 5.19 Å². The Morgan fingerprint density at radius 1 is 0.763 bits per heavy atom. The SMILES string of the molecule is CC(C)Cc1cc(-c2[c-]cccc2)ncc1[Si](C)(C)C.Cc1cc(-n2c(-c3[c-]oc4cc5ccc(C(C)C)cc5cc34)nc3ccccc32)ccc1-c1ccccc1.[Ir]. The van der Waals surface area contributed by atoms with Crippen LogP contribution in [0.5, 0.6) is 0 Å². The fraction of sp³-hybridized carbons (Fsp3) is 0.208. The molecule has 0 saturated carbocycles. The molecule has 0 aliphatic rings. The van der Waals surface area contributed by atoms with Gasteiger partial charge in [-0.1, -0.05) is 149 Å². The number of imidazole rings is 1. The Morgan fingerprint density at radius 2 is 1.53 bits per heavy atom. The third kappa shape index (κ3) is 8.82. The second-order valence-corrected chi connectivity index (χ2v) is 22.2. The summed E-state index contributed by atoms with van der Waals surface area (Å²) in [6.45, 7) is 18.4. The molecule has 4 nitrogen and oxygen atoms in total. The molecule has 6 aromatic carbocycles. The topological polar surface area (TPSA) is 43.9 Å². The minimum absolute atomic E-state index is 0. The van der Waals surface area contributed by atoms with Gasteiger partial charge in [0.25, 0.3) is 0 Å². The zero-order chi connectivity index (χ0) is 40.6. The van der Waals surface area contributed by atoms with Crippen molar-refractivity contribution >= 4 is 46.0 Å². The average molecular weight is 966 g/mol. The van der Waals surface area contributed by atoms with Gasteiger partial charge in [-0.25, -0.2) is 0 Å². The molecule has 0 unspecified atom stereocenters. The molecule has 6 heteroatoms. The van der Waals surface area contributed by atoms with E-state index < -0.39 is 8.07 Å². The normalized spacial score (nSPS) is 11.6. The number of rotatable bonds is 8. The van der Waals surface area contributed by atoms with Crippen LogP contribution in [0.3, 0.4) is 0 Å². The van der Waals surface area contributed by atoms with E-state index in [0.29, 0.717) is 11.8 Å². The molecule has 3 aromatic heterocycles. The molecule has 0 saturated heterocycles. The minimum atomic E-state index is -1.34. The average Bonchev–Trinajstić information content (AvgIpc) is 3.81. The second kappa shape index (κ2) is 17.4. The maximum absolute atomic E-state index is 6.00. The number of fused-ring (bicyclic) bond motifs is 3. The quantitative estimate of drug-likeness (QED) is 0.113. The van der Waals surface area contributed by atoms with Crippen LogP contribution in [0.2, 0.25) is 19.6 Å². The van der Waals surface area contributed by atoms with E-state index in [1.807, 2.05) is 24.3 Å². The summed E-state index contributed by atoms with van der Waals surface area (Å²) >= 11 is 0. The summed E-state index contributed by atoms with van der Waals surface area (Å²) < 4.78 is 8.23. The molecule has 0 aliphatic carbocycles. The van der Waals surface area contributed by atoms with Gasteiger partial charge in [-0.3, -0.25) is 4.98 Å². The van der Waals surface area contributed by atoms with Gasteiger partial charge in [-0.05, 0) is 93.4 Å². The summed E-state index contributed by atoms with van der Waals surface area (Å²) in [5.74, 6) is 1.97. The van der Waals surface area contributed by atoms with Crippen molar-refractivity contribution in [2.75, 3.05) is 0 Å². The summed E-state index contributed by atoms with van der Waals surface area (Å²) in [6, 6.07) is 50.0. The number of nitrogens with zero attached hydrogens (tertiary/aromatic N) is 3. The summed E-state index contributed by atoms with van der Waals surface area (Å²) in [5, 5.41) is 4.88. The first-order valence-corrected chi connectivity index (χ1v) is 23.9. The van der Waals surface area contributed by atoms with Gasteiger partial charge in [-0.15, -0.1) is 35.9 Å². The van der Waals surface area contributed by atoms with Crippen molar-refractivity contribution in [1.82, 2.24) is 14.5 Å². The van der Waals surface area contributed by atoms with E-state index in [1.165, 1.54) is 38.4 Å². The molecule has 3 heterocycles. The van der Waals surface area contributed by atoms with Gasteiger partial charge in [0.2, 0.25) is 0 Å². The number of aryl methyl sites for hydroxylation is 1. The first-order chi connectivity index (χ1) is 27.9. The van der Waals surface area contributed by atoms with Crippen LogP contribution in [-0.2, 0) is 26.5 Å². The number of hydrogen-bond donors (Lipinski definition) is 0. The van der Waals surface area contributed by atoms with Crippen molar-refractivity contribution in [3.05, 3.63) is 169 Å². The van der Waals surface area contributed by atoms with Gasteiger partial charge in [0, 0.05) is 43.8 Å². The molecule has 9 rings (SSSR count). The van der Waals surface area contributed by atoms with Gasteiger partial charge in [0.1, 0.15) is 0 Å². The zero-order valence-corrected chi connectivity index (χ0v) is 38.6. The Hall–Kier alpha value is -5.39. The van der Waals surface area contributed by atoms with Crippen LogP contribution in [0, 0.1) is 25.2 Å². The molecule has 0 fully saturated rings. The zero-order valence-electron chi connectivity index (χ0n) is 35.2. The summed E-state index contributed by atoms with van der Waals surface area (Å²) in [5.41, 5.74) is 13.3. The molecule has 1 radical (unpaired) electrons. The van der Waals surface area contributed by atoms with Crippen molar-refractivity contribution < 1.29 is 24.5 Å². The Kier molecular flexibility index (Phi) is 12.3. The Morgan fingerprint density at radius 3 is 2.24 bits per heavy atom. The summed E-state index contributed by atoms with van der Waals surface area (Å²) in [7, 11) is -1.34. The van der Waals surface area contributed by atoms with Gasteiger partial charge < -0.3 is 14.0 Å². The minimum Gasteiger partial charge on any atom is -0.557 e.